The van der Waals surface area contributed by atoms with Gasteiger partial charge in [-0.3, -0.25) is 0 Å². The fourth-order valence-corrected chi connectivity index (χ4v) is 0.999. The minimum absolute atomic E-state index is 0.0834. The molecule has 0 atom stereocenters. The molecule has 0 spiro atoms. The Morgan fingerprint density at radius 1 is 1.23 bits per heavy atom. The number of rotatable bonds is 2. The Balaban J connectivity index is 3.05. The summed E-state index contributed by atoms with van der Waals surface area (Å²) in [7, 11) is 0. The van der Waals surface area contributed by atoms with Gasteiger partial charge in [-0.2, -0.15) is 0 Å². The highest BCUT2D eigenvalue weighted by molar-refractivity contribution is 5.34. The average Bonchev–Trinajstić information content (AvgIpc) is 1.98. The minimum atomic E-state index is -0.612. The van der Waals surface area contributed by atoms with Crippen LogP contribution in [0.15, 0.2) is 12.1 Å². The molecule has 0 radical (unpaired) electrons. The molecule has 0 unspecified atom stereocenters. The lowest BCUT2D eigenvalue weighted by Crippen LogP contribution is -2.07. The van der Waals surface area contributed by atoms with Crippen LogP contribution < -0.4 is 4.74 Å². The topological polar surface area (TPSA) is 9.23 Å². The maximum Gasteiger partial charge on any atom is 0.132 e. The Bertz CT molecular complexity index is 308. The van der Waals surface area contributed by atoms with Gasteiger partial charge in [-0.25, -0.2) is 8.78 Å². The molecule has 1 aromatic carbocycles. The van der Waals surface area contributed by atoms with Crippen LogP contribution in [0.25, 0.3) is 0 Å². The summed E-state index contributed by atoms with van der Waals surface area (Å²) in [6.07, 6.45) is -0.0834. The largest absolute Gasteiger partial charge is 0.491 e. The molecule has 72 valence electrons. The van der Waals surface area contributed by atoms with Crippen LogP contribution in [0, 0.1) is 18.6 Å². The van der Waals surface area contributed by atoms with Crippen molar-refractivity contribution in [2.24, 2.45) is 0 Å². The van der Waals surface area contributed by atoms with Gasteiger partial charge in [-0.05, 0) is 20.8 Å². The van der Waals surface area contributed by atoms with E-state index in [1.165, 1.54) is 6.07 Å². The van der Waals surface area contributed by atoms with Gasteiger partial charge >= 0.3 is 0 Å². The maximum absolute atomic E-state index is 13.0. The highest BCUT2D eigenvalue weighted by Gasteiger charge is 2.09. The number of hydrogen-bond donors (Lipinski definition) is 0. The zero-order valence-electron chi connectivity index (χ0n) is 7.90. The number of benzene rings is 1. The number of hydrogen-bond acceptors (Lipinski definition) is 1. The molecule has 0 N–H and O–H groups in total. The summed E-state index contributed by atoms with van der Waals surface area (Å²) in [6, 6.07) is 2.04. The lowest BCUT2D eigenvalue weighted by Gasteiger charge is -2.12. The van der Waals surface area contributed by atoms with Crippen LogP contribution in [0.4, 0.5) is 8.78 Å². The molecule has 0 fully saturated rings. The average molecular weight is 186 g/mol. The van der Waals surface area contributed by atoms with Crippen molar-refractivity contribution >= 4 is 0 Å². The maximum atomic E-state index is 13.0. The molecule has 0 heterocycles. The smallest absolute Gasteiger partial charge is 0.132 e. The molecule has 0 aromatic heterocycles. The summed E-state index contributed by atoms with van der Waals surface area (Å²) in [5.41, 5.74) is 0.343. The van der Waals surface area contributed by atoms with E-state index in [0.29, 0.717) is 5.56 Å². The van der Waals surface area contributed by atoms with Crippen LogP contribution in [0.5, 0.6) is 5.75 Å². The van der Waals surface area contributed by atoms with Crippen molar-refractivity contribution < 1.29 is 13.5 Å². The number of ether oxygens (including phenoxy) is 1. The second kappa shape index (κ2) is 3.73. The molecule has 0 bridgehead atoms. The van der Waals surface area contributed by atoms with Crippen molar-refractivity contribution in [2.45, 2.75) is 26.9 Å². The van der Waals surface area contributed by atoms with E-state index in [1.807, 2.05) is 13.8 Å². The SMILES string of the molecule is Cc1c(F)cc(F)cc1OC(C)C. The van der Waals surface area contributed by atoms with E-state index in [1.54, 1.807) is 6.92 Å². The van der Waals surface area contributed by atoms with Crippen LogP contribution in [0.2, 0.25) is 0 Å². The van der Waals surface area contributed by atoms with Gasteiger partial charge in [-0.1, -0.05) is 0 Å². The first kappa shape index (κ1) is 9.96. The molecule has 3 heteroatoms. The first-order valence-corrected chi connectivity index (χ1v) is 4.13. The molecule has 1 nitrogen and oxygen atoms in total. The Morgan fingerprint density at radius 2 is 1.85 bits per heavy atom. The second-order valence-electron chi connectivity index (χ2n) is 3.18. The molecule has 1 rings (SSSR count). The molecule has 0 saturated heterocycles. The van der Waals surface area contributed by atoms with E-state index in [2.05, 4.69) is 0 Å². The molecular formula is C10H12F2O. The third-order valence-corrected chi connectivity index (χ3v) is 1.62. The standard InChI is InChI=1S/C10H12F2O/c1-6(2)13-10-5-8(11)4-9(12)7(10)3/h4-6H,1-3H3. The lowest BCUT2D eigenvalue weighted by molar-refractivity contribution is 0.238. The van der Waals surface area contributed by atoms with E-state index in [-0.39, 0.29) is 11.9 Å². The lowest BCUT2D eigenvalue weighted by atomic mass is 10.2. The molecule has 0 amide bonds. The number of halogens is 2. The van der Waals surface area contributed by atoms with Crippen LogP contribution in [0.1, 0.15) is 19.4 Å². The van der Waals surface area contributed by atoms with Crippen LogP contribution in [-0.2, 0) is 0 Å². The van der Waals surface area contributed by atoms with Crippen LogP contribution in [-0.4, -0.2) is 6.10 Å². The van der Waals surface area contributed by atoms with Crippen LogP contribution in [0.3, 0.4) is 0 Å². The molecule has 13 heavy (non-hydrogen) atoms. The van der Waals surface area contributed by atoms with Crippen molar-refractivity contribution in [1.29, 1.82) is 0 Å². The Hall–Kier alpha value is -1.12. The highest BCUT2D eigenvalue weighted by Crippen LogP contribution is 2.23. The molecular weight excluding hydrogens is 174 g/mol. The predicted molar refractivity (Wildman–Crippen MR) is 46.9 cm³/mol. The van der Waals surface area contributed by atoms with E-state index in [9.17, 15) is 8.78 Å². The molecule has 0 aliphatic carbocycles. The van der Waals surface area contributed by atoms with Gasteiger partial charge in [0.15, 0.2) is 0 Å². The van der Waals surface area contributed by atoms with Crippen LogP contribution >= 0.6 is 0 Å². The van der Waals surface area contributed by atoms with Gasteiger partial charge in [-0.15, -0.1) is 0 Å². The zero-order chi connectivity index (χ0) is 10.0. The Kier molecular flexibility index (Phi) is 2.86. The van der Waals surface area contributed by atoms with Crippen molar-refractivity contribution in [3.63, 3.8) is 0 Å². The fraction of sp³-hybridized carbons (Fsp3) is 0.400. The second-order valence-corrected chi connectivity index (χ2v) is 3.18. The molecule has 0 saturated carbocycles. The minimum Gasteiger partial charge on any atom is -0.491 e. The van der Waals surface area contributed by atoms with Gasteiger partial charge < -0.3 is 4.74 Å². The summed E-state index contributed by atoms with van der Waals surface area (Å²) in [5.74, 6) is -0.915. The van der Waals surface area contributed by atoms with Crippen molar-refractivity contribution in [3.05, 3.63) is 29.3 Å². The summed E-state index contributed by atoms with van der Waals surface area (Å²) < 4.78 is 30.9. The first-order valence-electron chi connectivity index (χ1n) is 4.13. The van der Waals surface area contributed by atoms with Crippen molar-refractivity contribution in [3.8, 4) is 5.75 Å². The van der Waals surface area contributed by atoms with Gasteiger partial charge in [0.2, 0.25) is 0 Å². The molecule has 1 aromatic rings. The van der Waals surface area contributed by atoms with E-state index < -0.39 is 11.6 Å². The van der Waals surface area contributed by atoms with E-state index in [4.69, 9.17) is 4.74 Å². The fourth-order valence-electron chi connectivity index (χ4n) is 0.999. The van der Waals surface area contributed by atoms with Crippen molar-refractivity contribution in [2.75, 3.05) is 0 Å². The molecule has 0 aliphatic heterocycles. The van der Waals surface area contributed by atoms with E-state index in [0.717, 1.165) is 6.07 Å². The summed E-state index contributed by atoms with van der Waals surface area (Å²) in [4.78, 5) is 0. The quantitative estimate of drug-likeness (QED) is 0.689. The molecule has 0 aliphatic rings. The van der Waals surface area contributed by atoms with Crippen molar-refractivity contribution in [1.82, 2.24) is 0 Å². The third-order valence-electron chi connectivity index (χ3n) is 1.62. The monoisotopic (exact) mass is 186 g/mol. The normalized spacial score (nSPS) is 10.6. The summed E-state index contributed by atoms with van der Waals surface area (Å²) in [6.45, 7) is 5.18. The van der Waals surface area contributed by atoms with Gasteiger partial charge in [0.25, 0.3) is 0 Å². The van der Waals surface area contributed by atoms with Gasteiger partial charge in [0.05, 0.1) is 6.10 Å². The van der Waals surface area contributed by atoms with Gasteiger partial charge in [0.1, 0.15) is 17.4 Å². The Labute approximate surface area is 76.3 Å². The summed E-state index contributed by atoms with van der Waals surface area (Å²) in [5, 5.41) is 0. The third kappa shape index (κ3) is 2.41. The zero-order valence-corrected chi connectivity index (χ0v) is 7.90. The predicted octanol–water partition coefficient (Wildman–Crippen LogP) is 3.06. The van der Waals surface area contributed by atoms with Gasteiger partial charge in [0, 0.05) is 17.7 Å². The Morgan fingerprint density at radius 3 is 2.38 bits per heavy atom. The summed E-state index contributed by atoms with van der Waals surface area (Å²) >= 11 is 0. The first-order chi connectivity index (χ1) is 6.00. The highest BCUT2D eigenvalue weighted by atomic mass is 19.1. The van der Waals surface area contributed by atoms with E-state index >= 15 is 0 Å².